The Balaban J connectivity index is 1.24. The molecule has 40 heavy (non-hydrogen) atoms. The fraction of sp³-hybridized carbons (Fsp3) is 0.548. The third-order valence-electron chi connectivity index (χ3n) is 8.87. The molecule has 7 nitrogen and oxygen atoms in total. The summed E-state index contributed by atoms with van der Waals surface area (Å²) in [7, 11) is 3.29. The molecular formula is C31H38N2O5S2. The first kappa shape index (κ1) is 27.8. The molecule has 214 valence electrons. The Kier molecular flexibility index (Phi) is 8.53. The number of methoxy groups -OCH3 is 2. The van der Waals surface area contributed by atoms with Crippen LogP contribution in [0.3, 0.4) is 0 Å². The molecule has 4 aliphatic rings. The highest BCUT2D eigenvalue weighted by atomic mass is 32.2. The van der Waals surface area contributed by atoms with Crippen molar-refractivity contribution in [3.05, 3.63) is 40.5 Å². The number of ether oxygens (including phenoxy) is 3. The monoisotopic (exact) mass is 582 g/mol. The number of furan rings is 1. The summed E-state index contributed by atoms with van der Waals surface area (Å²) in [5, 5.41) is 0. The van der Waals surface area contributed by atoms with E-state index >= 15 is 0 Å². The number of fused-ring (bicyclic) bond motifs is 2. The molecule has 1 aromatic heterocycles. The third kappa shape index (κ3) is 5.84. The van der Waals surface area contributed by atoms with Gasteiger partial charge in [0, 0.05) is 36.8 Å². The second-order valence-corrected chi connectivity index (χ2v) is 13.0. The lowest BCUT2D eigenvalue weighted by atomic mass is 9.94. The van der Waals surface area contributed by atoms with Crippen LogP contribution in [0.2, 0.25) is 0 Å². The number of carbonyl (C=O) groups is 1. The molecule has 2 bridgehead atoms. The first-order chi connectivity index (χ1) is 19.5. The molecule has 2 saturated heterocycles. The molecule has 0 spiro atoms. The van der Waals surface area contributed by atoms with E-state index in [2.05, 4.69) is 11.0 Å². The molecule has 3 unspecified atom stereocenters. The summed E-state index contributed by atoms with van der Waals surface area (Å²) < 4.78 is 23.6. The lowest BCUT2D eigenvalue weighted by Gasteiger charge is -2.30. The number of benzene rings is 1. The predicted octanol–water partition coefficient (Wildman–Crippen LogP) is 6.01. The van der Waals surface area contributed by atoms with Crippen molar-refractivity contribution in [3.63, 3.8) is 0 Å². The van der Waals surface area contributed by atoms with E-state index in [9.17, 15) is 4.79 Å². The van der Waals surface area contributed by atoms with Crippen molar-refractivity contribution in [1.29, 1.82) is 0 Å². The van der Waals surface area contributed by atoms with E-state index < -0.39 is 0 Å². The smallest absolute Gasteiger partial charge is 0.266 e. The average molecular weight is 583 g/mol. The van der Waals surface area contributed by atoms with E-state index in [0.717, 1.165) is 87.1 Å². The van der Waals surface area contributed by atoms with Gasteiger partial charge in [-0.2, -0.15) is 0 Å². The normalized spacial score (nSPS) is 25.9. The minimum absolute atomic E-state index is 0.0341. The van der Waals surface area contributed by atoms with E-state index in [1.807, 2.05) is 29.2 Å². The maximum atomic E-state index is 13.6. The lowest BCUT2D eigenvalue weighted by Crippen LogP contribution is -2.41. The summed E-state index contributed by atoms with van der Waals surface area (Å²) in [5.74, 6) is 4.24. The van der Waals surface area contributed by atoms with Crippen molar-refractivity contribution in [2.24, 2.45) is 11.8 Å². The number of nitrogens with zero attached hydrogens (tertiary/aromatic N) is 2. The summed E-state index contributed by atoms with van der Waals surface area (Å²) in [6.07, 6.45) is 9.75. The molecule has 9 heteroatoms. The van der Waals surface area contributed by atoms with Gasteiger partial charge in [-0.3, -0.25) is 14.6 Å². The Morgan fingerprint density at radius 2 is 1.82 bits per heavy atom. The van der Waals surface area contributed by atoms with Crippen molar-refractivity contribution < 1.29 is 23.4 Å². The standard InChI is InChI=1S/C31H38N2O5S2/c1-35-24-15-23(16-25(18-24)36-2)27-17-22(5-3-4-8-32-9-11-37-12-10-32)28(38-27)19-29-30(34)33(31(39)40-29)26-14-20-6-7-21(26)13-20/h15-21,26H,3-14H2,1-2H3/b29-19-. The molecule has 1 aromatic carbocycles. The minimum Gasteiger partial charge on any atom is -0.497 e. The molecule has 2 saturated carbocycles. The highest BCUT2D eigenvalue weighted by Crippen LogP contribution is 2.49. The molecule has 0 radical (unpaired) electrons. The zero-order valence-corrected chi connectivity index (χ0v) is 25.0. The van der Waals surface area contributed by atoms with Crippen LogP contribution in [0, 0.1) is 11.8 Å². The van der Waals surface area contributed by atoms with Gasteiger partial charge < -0.3 is 18.6 Å². The Hall–Kier alpha value is -2.33. The number of amides is 1. The van der Waals surface area contributed by atoms with Gasteiger partial charge in [-0.05, 0) is 80.7 Å². The average Bonchev–Trinajstić information content (AvgIpc) is 3.76. The van der Waals surface area contributed by atoms with Crippen LogP contribution >= 0.6 is 24.0 Å². The fourth-order valence-corrected chi connectivity index (χ4v) is 8.08. The largest absolute Gasteiger partial charge is 0.497 e. The Labute approximate surface area is 246 Å². The van der Waals surface area contributed by atoms with E-state index in [0.29, 0.717) is 26.6 Å². The molecule has 0 N–H and O–H groups in total. The first-order valence-corrected chi connectivity index (χ1v) is 15.7. The molecule has 2 aliphatic heterocycles. The van der Waals surface area contributed by atoms with Crippen LogP contribution in [0.15, 0.2) is 33.6 Å². The third-order valence-corrected chi connectivity index (χ3v) is 10.2. The number of unbranched alkanes of at least 4 members (excludes halogenated alkanes) is 1. The van der Waals surface area contributed by atoms with Crippen LogP contribution in [0.1, 0.15) is 49.8 Å². The number of morpholine rings is 1. The Morgan fingerprint density at radius 3 is 2.50 bits per heavy atom. The Bertz CT molecular complexity index is 1260. The Morgan fingerprint density at radius 1 is 1.05 bits per heavy atom. The van der Waals surface area contributed by atoms with Gasteiger partial charge in [0.15, 0.2) is 0 Å². The number of aryl methyl sites for hydroxylation is 1. The quantitative estimate of drug-likeness (QED) is 0.192. The number of thiocarbonyl (C=S) groups is 1. The number of hydrogen-bond donors (Lipinski definition) is 0. The van der Waals surface area contributed by atoms with E-state index in [-0.39, 0.29) is 11.9 Å². The van der Waals surface area contributed by atoms with Crippen LogP contribution in [0.4, 0.5) is 0 Å². The molecular weight excluding hydrogens is 544 g/mol. The second-order valence-electron chi connectivity index (χ2n) is 11.3. The van der Waals surface area contributed by atoms with Crippen LogP contribution < -0.4 is 9.47 Å². The zero-order valence-electron chi connectivity index (χ0n) is 23.4. The van der Waals surface area contributed by atoms with Crippen molar-refractivity contribution >= 4 is 40.3 Å². The molecule has 2 aromatic rings. The molecule has 6 rings (SSSR count). The lowest BCUT2D eigenvalue weighted by molar-refractivity contribution is -0.124. The summed E-state index contributed by atoms with van der Waals surface area (Å²) >= 11 is 7.15. The number of rotatable bonds is 10. The molecule has 3 heterocycles. The number of hydrogen-bond acceptors (Lipinski definition) is 8. The van der Waals surface area contributed by atoms with E-state index in [1.54, 1.807) is 14.2 Å². The van der Waals surface area contributed by atoms with Gasteiger partial charge in [0.05, 0.1) is 32.3 Å². The van der Waals surface area contributed by atoms with E-state index in [1.165, 1.54) is 31.0 Å². The van der Waals surface area contributed by atoms with Gasteiger partial charge in [0.2, 0.25) is 0 Å². The van der Waals surface area contributed by atoms with Crippen LogP contribution in [-0.2, 0) is 16.0 Å². The minimum atomic E-state index is 0.0341. The maximum Gasteiger partial charge on any atom is 0.266 e. The maximum absolute atomic E-state index is 13.6. The summed E-state index contributed by atoms with van der Waals surface area (Å²) in [5.41, 5.74) is 1.98. The SMILES string of the molecule is COc1cc(OC)cc(-c2cc(CCCCN3CCOCC3)c(/C=C3\SC(=S)N(C4CC5CCC4C5)C3=O)o2)c1. The highest BCUT2D eigenvalue weighted by Gasteiger charge is 2.48. The molecule has 4 fully saturated rings. The zero-order chi connectivity index (χ0) is 27.6. The van der Waals surface area contributed by atoms with Gasteiger partial charge in [-0.25, -0.2) is 0 Å². The first-order valence-electron chi connectivity index (χ1n) is 14.5. The van der Waals surface area contributed by atoms with Crippen LogP contribution in [0.25, 0.3) is 17.4 Å². The second kappa shape index (κ2) is 12.3. The van der Waals surface area contributed by atoms with Gasteiger partial charge in [0.25, 0.3) is 5.91 Å². The summed E-state index contributed by atoms with van der Waals surface area (Å²) in [6, 6.07) is 8.10. The topological polar surface area (TPSA) is 64.4 Å². The van der Waals surface area contributed by atoms with Gasteiger partial charge >= 0.3 is 0 Å². The fourth-order valence-electron chi connectivity index (χ4n) is 6.74. The summed E-state index contributed by atoms with van der Waals surface area (Å²) in [6.45, 7) is 4.71. The predicted molar refractivity (Wildman–Crippen MR) is 162 cm³/mol. The number of carbonyl (C=O) groups excluding carboxylic acids is 1. The van der Waals surface area contributed by atoms with Crippen molar-refractivity contribution in [2.75, 3.05) is 47.1 Å². The van der Waals surface area contributed by atoms with Gasteiger partial charge in [-0.1, -0.05) is 30.4 Å². The molecule has 2 aliphatic carbocycles. The van der Waals surface area contributed by atoms with Crippen molar-refractivity contribution in [3.8, 4) is 22.8 Å². The number of thioether (sulfide) groups is 1. The molecule has 1 amide bonds. The highest BCUT2D eigenvalue weighted by molar-refractivity contribution is 8.26. The van der Waals surface area contributed by atoms with Crippen molar-refractivity contribution in [1.82, 2.24) is 9.80 Å². The van der Waals surface area contributed by atoms with E-state index in [4.69, 9.17) is 30.8 Å². The molecule has 3 atom stereocenters. The van der Waals surface area contributed by atoms with Crippen molar-refractivity contribution in [2.45, 2.75) is 51.0 Å². The van der Waals surface area contributed by atoms with Crippen LogP contribution in [0.5, 0.6) is 11.5 Å². The van der Waals surface area contributed by atoms with Crippen LogP contribution in [-0.4, -0.2) is 73.1 Å². The van der Waals surface area contributed by atoms with Gasteiger partial charge in [0.1, 0.15) is 27.3 Å². The summed E-state index contributed by atoms with van der Waals surface area (Å²) in [4.78, 5) is 18.7. The van der Waals surface area contributed by atoms with Gasteiger partial charge in [-0.15, -0.1) is 0 Å².